The van der Waals surface area contributed by atoms with E-state index < -0.39 is 17.5 Å². The maximum atomic E-state index is 13.9. The van der Waals surface area contributed by atoms with Crippen molar-refractivity contribution in [2.75, 3.05) is 7.11 Å². The fraction of sp³-hybridized carbons (Fsp3) is 0.409. The first-order valence-corrected chi connectivity index (χ1v) is 10.4. The number of fused-ring (bicyclic) bond motifs is 4. The van der Waals surface area contributed by atoms with Crippen LogP contribution in [0.2, 0.25) is 0 Å². The summed E-state index contributed by atoms with van der Waals surface area (Å²) < 4.78 is 49.8. The summed E-state index contributed by atoms with van der Waals surface area (Å²) in [5, 5.41) is 8.83. The first kappa shape index (κ1) is 20.6. The predicted molar refractivity (Wildman–Crippen MR) is 109 cm³/mol. The molecule has 4 heterocycles. The van der Waals surface area contributed by atoms with Gasteiger partial charge in [-0.15, -0.1) is 5.10 Å². The number of piperidine rings is 1. The standard InChI is InChI=1S/C22H22F3N5O2/c1-28-10-14(21(27-28)32-3)22(31)30-12-5-4-6-17(30)19-13(9-12)20(29(2)26-19)11-7-15(23)18(25)16(24)8-11/h7-8,10,12,17H,4-6,9H2,1-3H3/t12-,17+/m1/s1. The molecule has 1 fully saturated rings. The third-order valence-electron chi connectivity index (χ3n) is 6.39. The van der Waals surface area contributed by atoms with Crippen molar-refractivity contribution in [1.29, 1.82) is 0 Å². The van der Waals surface area contributed by atoms with E-state index in [0.29, 0.717) is 23.4 Å². The van der Waals surface area contributed by atoms with Crippen LogP contribution in [0.1, 0.15) is 46.9 Å². The molecule has 0 spiro atoms. The minimum atomic E-state index is -1.50. The summed E-state index contributed by atoms with van der Waals surface area (Å²) in [7, 11) is 4.88. The van der Waals surface area contributed by atoms with Crippen LogP contribution in [-0.4, -0.2) is 43.5 Å². The number of hydrogen-bond donors (Lipinski definition) is 0. The van der Waals surface area contributed by atoms with E-state index in [1.807, 2.05) is 4.90 Å². The predicted octanol–water partition coefficient (Wildman–Crippen LogP) is 3.54. The lowest BCUT2D eigenvalue weighted by Gasteiger charge is -2.45. The van der Waals surface area contributed by atoms with Crippen molar-refractivity contribution < 1.29 is 22.7 Å². The van der Waals surface area contributed by atoms with Gasteiger partial charge in [-0.3, -0.25) is 14.2 Å². The Morgan fingerprint density at radius 1 is 1.12 bits per heavy atom. The van der Waals surface area contributed by atoms with Gasteiger partial charge in [0.2, 0.25) is 5.88 Å². The molecule has 0 radical (unpaired) electrons. The fourth-order valence-electron chi connectivity index (χ4n) is 5.11. The van der Waals surface area contributed by atoms with Crippen LogP contribution >= 0.6 is 0 Å². The summed E-state index contributed by atoms with van der Waals surface area (Å²) in [6.45, 7) is 0. The molecule has 1 amide bonds. The quantitative estimate of drug-likeness (QED) is 0.579. The SMILES string of the molecule is COc1nn(C)cc1C(=O)N1[C@@H]2CCC[C@H]1c1nn(C)c(-c3cc(F)c(F)c(F)c3)c1C2. The molecular formula is C22H22F3N5O2. The number of aromatic nitrogens is 4. The van der Waals surface area contributed by atoms with E-state index in [1.165, 1.54) is 11.8 Å². The highest BCUT2D eigenvalue weighted by Crippen LogP contribution is 2.45. The van der Waals surface area contributed by atoms with Crippen LogP contribution in [0.3, 0.4) is 0 Å². The summed E-state index contributed by atoms with van der Waals surface area (Å²) in [6, 6.07) is 1.61. The van der Waals surface area contributed by atoms with Crippen LogP contribution in [0.5, 0.6) is 5.88 Å². The second-order valence-corrected chi connectivity index (χ2v) is 8.33. The van der Waals surface area contributed by atoms with Crippen LogP contribution in [0.4, 0.5) is 13.2 Å². The minimum Gasteiger partial charge on any atom is -0.479 e. The van der Waals surface area contributed by atoms with Crippen molar-refractivity contribution in [3.8, 4) is 17.1 Å². The second-order valence-electron chi connectivity index (χ2n) is 8.33. The van der Waals surface area contributed by atoms with Crippen LogP contribution in [0, 0.1) is 17.5 Å². The van der Waals surface area contributed by atoms with Gasteiger partial charge in [0.25, 0.3) is 5.91 Å². The highest BCUT2D eigenvalue weighted by atomic mass is 19.2. The molecule has 2 aliphatic heterocycles. The Bertz CT molecular complexity index is 1210. The van der Waals surface area contributed by atoms with E-state index in [1.54, 1.807) is 25.0 Å². The number of aryl methyl sites for hydroxylation is 2. The largest absolute Gasteiger partial charge is 0.479 e. The van der Waals surface area contributed by atoms with Crippen LogP contribution in [0.25, 0.3) is 11.3 Å². The number of hydrogen-bond acceptors (Lipinski definition) is 4. The molecule has 10 heteroatoms. The number of ether oxygens (including phenoxy) is 1. The second kappa shape index (κ2) is 7.39. The third kappa shape index (κ3) is 3.00. The highest BCUT2D eigenvalue weighted by molar-refractivity contribution is 5.97. The highest BCUT2D eigenvalue weighted by Gasteiger charge is 2.44. The molecule has 0 N–H and O–H groups in total. The molecule has 32 heavy (non-hydrogen) atoms. The first-order chi connectivity index (χ1) is 15.3. The zero-order valence-electron chi connectivity index (χ0n) is 17.9. The van der Waals surface area contributed by atoms with Crippen molar-refractivity contribution in [3.05, 3.63) is 52.6 Å². The van der Waals surface area contributed by atoms with E-state index >= 15 is 0 Å². The molecule has 2 aliphatic rings. The molecular weight excluding hydrogens is 423 g/mol. The number of amides is 1. The molecule has 168 valence electrons. The Labute approximate surface area is 182 Å². The number of benzene rings is 1. The van der Waals surface area contributed by atoms with Gasteiger partial charge in [0.05, 0.1) is 24.5 Å². The molecule has 0 unspecified atom stereocenters. The van der Waals surface area contributed by atoms with Crippen LogP contribution in [-0.2, 0) is 20.5 Å². The summed E-state index contributed by atoms with van der Waals surface area (Å²) >= 11 is 0. The van der Waals surface area contributed by atoms with E-state index in [2.05, 4.69) is 10.2 Å². The van der Waals surface area contributed by atoms with Gasteiger partial charge in [0.1, 0.15) is 5.56 Å². The number of nitrogens with zero attached hydrogens (tertiary/aromatic N) is 5. The molecule has 1 saturated heterocycles. The number of methoxy groups -OCH3 is 1. The lowest BCUT2D eigenvalue weighted by molar-refractivity contribution is 0.0389. The number of carbonyl (C=O) groups is 1. The lowest BCUT2D eigenvalue weighted by atomic mass is 9.81. The van der Waals surface area contributed by atoms with Gasteiger partial charge in [-0.05, 0) is 37.8 Å². The summed E-state index contributed by atoms with van der Waals surface area (Å²) in [5.74, 6) is -3.90. The van der Waals surface area contributed by atoms with Gasteiger partial charge >= 0.3 is 0 Å². The Balaban J connectivity index is 1.60. The van der Waals surface area contributed by atoms with Crippen molar-refractivity contribution in [2.45, 2.75) is 37.8 Å². The maximum Gasteiger partial charge on any atom is 0.261 e. The molecule has 0 saturated carbocycles. The topological polar surface area (TPSA) is 65.2 Å². The summed E-state index contributed by atoms with van der Waals surface area (Å²) in [4.78, 5) is 15.4. The maximum absolute atomic E-state index is 13.9. The van der Waals surface area contributed by atoms with Gasteiger partial charge in [-0.2, -0.15) is 5.10 Å². The van der Waals surface area contributed by atoms with Gasteiger partial charge in [-0.25, -0.2) is 13.2 Å². The number of carbonyl (C=O) groups excluding carboxylic acids is 1. The fourth-order valence-corrected chi connectivity index (χ4v) is 5.11. The molecule has 0 aliphatic carbocycles. The van der Waals surface area contributed by atoms with E-state index in [9.17, 15) is 18.0 Å². The number of halogens is 3. The normalized spacial score (nSPS) is 19.8. The van der Waals surface area contributed by atoms with Crippen molar-refractivity contribution in [3.63, 3.8) is 0 Å². The molecule has 2 aromatic heterocycles. The average Bonchev–Trinajstić information content (AvgIpc) is 3.29. The van der Waals surface area contributed by atoms with E-state index in [0.717, 1.165) is 37.0 Å². The minimum absolute atomic E-state index is 0.100. The van der Waals surface area contributed by atoms with E-state index in [4.69, 9.17) is 4.74 Å². The van der Waals surface area contributed by atoms with Gasteiger partial charge in [-0.1, -0.05) is 0 Å². The Morgan fingerprint density at radius 2 is 1.84 bits per heavy atom. The van der Waals surface area contributed by atoms with Gasteiger partial charge in [0, 0.05) is 37.5 Å². The molecule has 5 rings (SSSR count). The average molecular weight is 445 g/mol. The number of rotatable bonds is 3. The lowest BCUT2D eigenvalue weighted by Crippen LogP contribution is -2.49. The molecule has 2 atom stereocenters. The Hall–Kier alpha value is -3.30. The van der Waals surface area contributed by atoms with Crippen molar-refractivity contribution in [1.82, 2.24) is 24.5 Å². The monoisotopic (exact) mass is 445 g/mol. The Kier molecular flexibility index (Phi) is 4.75. The zero-order chi connectivity index (χ0) is 22.7. The molecule has 3 aromatic rings. The smallest absolute Gasteiger partial charge is 0.261 e. The third-order valence-corrected chi connectivity index (χ3v) is 6.39. The van der Waals surface area contributed by atoms with Crippen molar-refractivity contribution in [2.24, 2.45) is 14.1 Å². The zero-order valence-corrected chi connectivity index (χ0v) is 17.9. The molecule has 2 bridgehead atoms. The van der Waals surface area contributed by atoms with Crippen LogP contribution < -0.4 is 4.74 Å². The van der Waals surface area contributed by atoms with Crippen LogP contribution in [0.15, 0.2) is 18.3 Å². The summed E-state index contributed by atoms with van der Waals surface area (Å²) in [6.07, 6.45) is 4.59. The van der Waals surface area contributed by atoms with E-state index in [-0.39, 0.29) is 29.4 Å². The van der Waals surface area contributed by atoms with Gasteiger partial charge in [0.15, 0.2) is 17.5 Å². The van der Waals surface area contributed by atoms with Crippen molar-refractivity contribution >= 4 is 5.91 Å². The van der Waals surface area contributed by atoms with Gasteiger partial charge < -0.3 is 9.64 Å². The Morgan fingerprint density at radius 3 is 2.53 bits per heavy atom. The molecule has 1 aromatic carbocycles. The summed E-state index contributed by atoms with van der Waals surface area (Å²) in [5.41, 5.74) is 2.70. The molecule has 7 nitrogen and oxygen atoms in total. The first-order valence-electron chi connectivity index (χ1n) is 10.4.